The summed E-state index contributed by atoms with van der Waals surface area (Å²) < 4.78 is 6.31. The van der Waals surface area contributed by atoms with Crippen LogP contribution in [0, 0.1) is 12.8 Å². The zero-order chi connectivity index (χ0) is 20.3. The maximum Gasteiger partial charge on any atom is 0.217 e. The van der Waals surface area contributed by atoms with E-state index >= 15 is 0 Å². The highest BCUT2D eigenvalue weighted by molar-refractivity contribution is 5.69. The Kier molecular flexibility index (Phi) is 6.31. The summed E-state index contributed by atoms with van der Waals surface area (Å²) in [5.41, 5.74) is 5.66. The summed E-state index contributed by atoms with van der Waals surface area (Å²) in [6, 6.07) is 2.04. The molecule has 2 aliphatic carbocycles. The predicted octanol–water partition coefficient (Wildman–Crippen LogP) is 6.07. The Morgan fingerprint density at radius 2 is 1.79 bits per heavy atom. The van der Waals surface area contributed by atoms with Gasteiger partial charge in [-0.25, -0.2) is 0 Å². The Hall–Kier alpha value is -1.78. The van der Waals surface area contributed by atoms with E-state index in [1.807, 2.05) is 6.07 Å². The SMILES string of the molecule is Cc1c(N/N=C\CC2CCCCC2)cc(OC2CCCCC2)nc1N1CC1(C)C. The van der Waals surface area contributed by atoms with Gasteiger partial charge in [0.2, 0.25) is 5.88 Å². The van der Waals surface area contributed by atoms with E-state index in [0.717, 1.165) is 54.7 Å². The van der Waals surface area contributed by atoms with Crippen molar-refractivity contribution in [3.63, 3.8) is 0 Å². The van der Waals surface area contributed by atoms with Gasteiger partial charge < -0.3 is 9.64 Å². The van der Waals surface area contributed by atoms with Gasteiger partial charge in [0.15, 0.2) is 0 Å². The Labute approximate surface area is 176 Å². The number of nitrogens with one attached hydrogen (secondary N) is 1. The molecule has 3 aliphatic rings. The molecule has 5 nitrogen and oxygen atoms in total. The van der Waals surface area contributed by atoms with Gasteiger partial charge in [-0.2, -0.15) is 10.1 Å². The smallest absolute Gasteiger partial charge is 0.217 e. The largest absolute Gasteiger partial charge is 0.474 e. The monoisotopic (exact) mass is 398 g/mol. The maximum absolute atomic E-state index is 6.31. The lowest BCUT2D eigenvalue weighted by Gasteiger charge is -2.24. The molecule has 1 aromatic heterocycles. The molecule has 1 N–H and O–H groups in total. The van der Waals surface area contributed by atoms with E-state index in [2.05, 4.69) is 42.4 Å². The third-order valence-electron chi connectivity index (χ3n) is 6.93. The van der Waals surface area contributed by atoms with Gasteiger partial charge in [0.05, 0.1) is 11.2 Å². The molecule has 2 saturated carbocycles. The number of ether oxygens (including phenoxy) is 1. The van der Waals surface area contributed by atoms with Crippen LogP contribution in [0.4, 0.5) is 11.5 Å². The fourth-order valence-corrected chi connectivity index (χ4v) is 4.82. The number of nitrogens with zero attached hydrogens (tertiary/aromatic N) is 3. The predicted molar refractivity (Wildman–Crippen MR) is 121 cm³/mol. The van der Waals surface area contributed by atoms with Crippen LogP contribution in [0.3, 0.4) is 0 Å². The summed E-state index contributed by atoms with van der Waals surface area (Å²) >= 11 is 0. The molecule has 160 valence electrons. The average Bonchev–Trinajstić information content (AvgIpc) is 3.36. The Bertz CT molecular complexity index is 718. The summed E-state index contributed by atoms with van der Waals surface area (Å²) in [6.07, 6.45) is 16.5. The number of hydrogen-bond donors (Lipinski definition) is 1. The van der Waals surface area contributed by atoms with Gasteiger partial charge >= 0.3 is 0 Å². The van der Waals surface area contributed by atoms with Crippen molar-refractivity contribution in [2.45, 2.75) is 103 Å². The van der Waals surface area contributed by atoms with Crippen molar-refractivity contribution in [3.8, 4) is 5.88 Å². The minimum absolute atomic E-state index is 0.183. The minimum atomic E-state index is 0.183. The molecule has 4 rings (SSSR count). The zero-order valence-corrected chi connectivity index (χ0v) is 18.5. The van der Waals surface area contributed by atoms with Crippen LogP contribution >= 0.6 is 0 Å². The standard InChI is InChI=1S/C24H38N4O/c1-18-21(27-25-15-14-19-10-6-4-7-11-19)16-22(29-20-12-8-5-9-13-20)26-23(18)28-17-24(28,2)3/h15-16,19-20H,4-14,17H2,1-3H3,(H,26,27)/b25-15-. The normalized spacial score (nSPS) is 22.8. The van der Waals surface area contributed by atoms with Crippen LogP contribution in [0.2, 0.25) is 0 Å². The molecular formula is C24H38N4O. The zero-order valence-electron chi connectivity index (χ0n) is 18.5. The number of rotatable bonds is 7. The van der Waals surface area contributed by atoms with E-state index in [-0.39, 0.29) is 5.54 Å². The molecule has 29 heavy (non-hydrogen) atoms. The van der Waals surface area contributed by atoms with E-state index < -0.39 is 0 Å². The summed E-state index contributed by atoms with van der Waals surface area (Å²) in [7, 11) is 0. The van der Waals surface area contributed by atoms with Crippen molar-refractivity contribution in [1.82, 2.24) is 4.98 Å². The molecule has 5 heteroatoms. The van der Waals surface area contributed by atoms with Crippen LogP contribution < -0.4 is 15.1 Å². The number of hydrazone groups is 1. The Balaban J connectivity index is 1.46. The molecule has 1 saturated heterocycles. The third-order valence-corrected chi connectivity index (χ3v) is 6.93. The fourth-order valence-electron chi connectivity index (χ4n) is 4.82. The summed E-state index contributed by atoms with van der Waals surface area (Å²) in [5.74, 6) is 2.59. The second-order valence-electron chi connectivity index (χ2n) is 9.90. The fraction of sp³-hybridized carbons (Fsp3) is 0.750. The molecule has 1 aliphatic heterocycles. The summed E-state index contributed by atoms with van der Waals surface area (Å²) in [4.78, 5) is 7.25. The lowest BCUT2D eigenvalue weighted by Crippen LogP contribution is -2.21. The first-order valence-electron chi connectivity index (χ1n) is 11.8. The van der Waals surface area contributed by atoms with E-state index in [0.29, 0.717) is 6.10 Å². The first kappa shape index (κ1) is 20.5. The molecule has 0 radical (unpaired) electrons. The highest BCUT2D eigenvalue weighted by Crippen LogP contribution is 2.41. The first-order valence-corrected chi connectivity index (χ1v) is 11.8. The van der Waals surface area contributed by atoms with Gasteiger partial charge in [0, 0.05) is 24.4 Å². The van der Waals surface area contributed by atoms with Gasteiger partial charge in [0.1, 0.15) is 11.9 Å². The van der Waals surface area contributed by atoms with Crippen LogP contribution in [0.1, 0.15) is 90.0 Å². The maximum atomic E-state index is 6.31. The highest BCUT2D eigenvalue weighted by Gasteiger charge is 2.45. The highest BCUT2D eigenvalue weighted by atomic mass is 16.5. The second-order valence-corrected chi connectivity index (χ2v) is 9.90. The van der Waals surface area contributed by atoms with Crippen LogP contribution in [0.25, 0.3) is 0 Å². The molecule has 0 unspecified atom stereocenters. The molecule has 0 spiro atoms. The quantitative estimate of drug-likeness (QED) is 0.344. The number of aromatic nitrogens is 1. The molecular weight excluding hydrogens is 360 g/mol. The van der Waals surface area contributed by atoms with Crippen molar-refractivity contribution in [2.75, 3.05) is 16.9 Å². The van der Waals surface area contributed by atoms with E-state index in [1.165, 1.54) is 51.4 Å². The van der Waals surface area contributed by atoms with Crippen molar-refractivity contribution in [1.29, 1.82) is 0 Å². The minimum Gasteiger partial charge on any atom is -0.474 e. The van der Waals surface area contributed by atoms with Gasteiger partial charge in [0.25, 0.3) is 0 Å². The molecule has 0 amide bonds. The summed E-state index contributed by atoms with van der Waals surface area (Å²) in [6.45, 7) is 7.70. The second kappa shape index (κ2) is 8.93. The van der Waals surface area contributed by atoms with Crippen LogP contribution in [-0.4, -0.2) is 29.4 Å². The molecule has 0 aromatic carbocycles. The van der Waals surface area contributed by atoms with Gasteiger partial charge in [-0.15, -0.1) is 0 Å². The topological polar surface area (TPSA) is 49.5 Å². The average molecular weight is 399 g/mol. The number of anilines is 2. The van der Waals surface area contributed by atoms with E-state index in [9.17, 15) is 0 Å². The van der Waals surface area contributed by atoms with E-state index in [1.54, 1.807) is 0 Å². The first-order chi connectivity index (χ1) is 14.0. The van der Waals surface area contributed by atoms with Gasteiger partial charge in [-0.1, -0.05) is 38.5 Å². The summed E-state index contributed by atoms with van der Waals surface area (Å²) in [5, 5.41) is 4.56. The van der Waals surface area contributed by atoms with Crippen molar-refractivity contribution in [2.24, 2.45) is 11.0 Å². The van der Waals surface area contributed by atoms with Crippen molar-refractivity contribution in [3.05, 3.63) is 11.6 Å². The van der Waals surface area contributed by atoms with Crippen LogP contribution in [0.5, 0.6) is 5.88 Å². The molecule has 3 fully saturated rings. The molecule has 0 atom stereocenters. The van der Waals surface area contributed by atoms with Gasteiger partial charge in [-0.05, 0) is 58.8 Å². The molecule has 2 heterocycles. The van der Waals surface area contributed by atoms with Gasteiger partial charge in [-0.3, -0.25) is 5.43 Å². The van der Waals surface area contributed by atoms with Crippen molar-refractivity contribution >= 4 is 17.7 Å². The lowest BCUT2D eigenvalue weighted by molar-refractivity contribution is 0.149. The number of hydrogen-bond acceptors (Lipinski definition) is 5. The molecule has 0 bridgehead atoms. The van der Waals surface area contributed by atoms with Crippen molar-refractivity contribution < 1.29 is 4.74 Å². The lowest BCUT2D eigenvalue weighted by atomic mass is 9.87. The molecule has 1 aromatic rings. The van der Waals surface area contributed by atoms with Crippen LogP contribution in [0.15, 0.2) is 11.2 Å². The van der Waals surface area contributed by atoms with Crippen LogP contribution in [-0.2, 0) is 0 Å². The Morgan fingerprint density at radius 1 is 1.14 bits per heavy atom. The Morgan fingerprint density at radius 3 is 2.45 bits per heavy atom. The van der Waals surface area contributed by atoms with E-state index in [4.69, 9.17) is 9.72 Å². The number of pyridine rings is 1. The third kappa shape index (κ3) is 5.23.